The number of amides is 3. The molecule has 2 N–H and O–H groups in total. The summed E-state index contributed by atoms with van der Waals surface area (Å²) in [6.07, 6.45) is 0.653. The van der Waals surface area contributed by atoms with Gasteiger partial charge in [-0.2, -0.15) is 0 Å². The number of ether oxygens (including phenoxy) is 1. The number of carbonyl (C=O) groups excluding carboxylic acids is 5. The Balaban J connectivity index is 1.50. The van der Waals surface area contributed by atoms with E-state index in [-0.39, 0.29) is 39.9 Å². The molecule has 0 unspecified atom stereocenters. The van der Waals surface area contributed by atoms with Gasteiger partial charge in [-0.25, -0.2) is 9.69 Å². The highest BCUT2D eigenvalue weighted by Gasteiger charge is 2.39. The van der Waals surface area contributed by atoms with Crippen LogP contribution in [0.25, 0.3) is 0 Å². The van der Waals surface area contributed by atoms with Crippen molar-refractivity contribution in [1.82, 2.24) is 0 Å². The largest absolute Gasteiger partial charge is 0.462 e. The van der Waals surface area contributed by atoms with Crippen LogP contribution in [0.4, 0.5) is 17.1 Å². The predicted octanol–water partition coefficient (Wildman–Crippen LogP) is 5.14. The highest BCUT2D eigenvalue weighted by Crippen LogP contribution is 2.31. The van der Waals surface area contributed by atoms with E-state index in [1.807, 2.05) is 6.92 Å². The Morgan fingerprint density at radius 3 is 2.23 bits per heavy atom. The fourth-order valence-electron chi connectivity index (χ4n) is 3.77. The molecule has 0 aliphatic carbocycles. The number of hydrogen-bond donors (Lipinski definition) is 2. The smallest absolute Gasteiger partial charge is 0.338 e. The zero-order chi connectivity index (χ0) is 28.1. The third-order valence-electron chi connectivity index (χ3n) is 5.75. The average Bonchev–Trinajstić information content (AvgIpc) is 3.15. The summed E-state index contributed by atoms with van der Waals surface area (Å²) in [5.41, 5.74) is 1.84. The summed E-state index contributed by atoms with van der Waals surface area (Å²) < 4.78 is 5.13. The molecule has 1 aliphatic heterocycles. The van der Waals surface area contributed by atoms with E-state index in [1.54, 1.807) is 42.5 Å². The molecule has 4 rings (SSSR count). The van der Waals surface area contributed by atoms with E-state index >= 15 is 0 Å². The van der Waals surface area contributed by atoms with Crippen LogP contribution in [0.5, 0.6) is 0 Å². The second kappa shape index (κ2) is 11.7. The van der Waals surface area contributed by atoms with Crippen molar-refractivity contribution in [2.45, 2.75) is 20.3 Å². The molecular weight excluding hydrogens is 522 g/mol. The van der Waals surface area contributed by atoms with E-state index in [0.717, 1.165) is 4.90 Å². The van der Waals surface area contributed by atoms with Gasteiger partial charge >= 0.3 is 5.97 Å². The molecule has 1 aliphatic rings. The van der Waals surface area contributed by atoms with Crippen LogP contribution in [-0.2, 0) is 14.3 Å². The fraction of sp³-hybridized carbons (Fsp3) is 0.138. The molecule has 10 heteroatoms. The predicted molar refractivity (Wildman–Crippen MR) is 147 cm³/mol. The molecule has 0 radical (unpaired) electrons. The maximum Gasteiger partial charge on any atom is 0.338 e. The molecule has 39 heavy (non-hydrogen) atoms. The first-order valence-electron chi connectivity index (χ1n) is 12.0. The Morgan fingerprint density at radius 1 is 0.846 bits per heavy atom. The molecule has 0 bridgehead atoms. The number of Topliss-reactive ketones (excluding diaryl/α,β-unsaturated/α-hetero) is 1. The molecular formula is C29H24ClN3O6. The minimum Gasteiger partial charge on any atom is -0.462 e. The third kappa shape index (κ3) is 6.05. The molecule has 3 aromatic rings. The van der Waals surface area contributed by atoms with E-state index in [0.29, 0.717) is 23.4 Å². The van der Waals surface area contributed by atoms with Gasteiger partial charge in [-0.05, 0) is 74.0 Å². The molecule has 0 fully saturated rings. The van der Waals surface area contributed by atoms with Crippen LogP contribution in [0.15, 0.2) is 83.5 Å². The number of nitrogens with one attached hydrogen (secondary N) is 2. The minimum absolute atomic E-state index is 0.0830. The number of ketones is 1. The molecule has 0 atom stereocenters. The van der Waals surface area contributed by atoms with Crippen molar-refractivity contribution in [2.24, 2.45) is 0 Å². The van der Waals surface area contributed by atoms with Crippen LogP contribution in [0, 0.1) is 0 Å². The van der Waals surface area contributed by atoms with Gasteiger partial charge < -0.3 is 15.4 Å². The molecule has 0 aromatic heterocycles. The lowest BCUT2D eigenvalue weighted by Crippen LogP contribution is -2.32. The maximum atomic E-state index is 13.2. The first kappa shape index (κ1) is 27.3. The molecule has 1 heterocycles. The monoisotopic (exact) mass is 545 g/mol. The lowest BCUT2D eigenvalue weighted by atomic mass is 10.1. The molecule has 3 amide bonds. The Hall–Kier alpha value is -4.76. The number of benzene rings is 3. The topological polar surface area (TPSA) is 122 Å². The zero-order valence-corrected chi connectivity index (χ0v) is 21.9. The highest BCUT2D eigenvalue weighted by molar-refractivity contribution is 6.53. The van der Waals surface area contributed by atoms with Crippen molar-refractivity contribution in [3.05, 3.63) is 100 Å². The van der Waals surface area contributed by atoms with Crippen molar-refractivity contribution in [1.29, 1.82) is 0 Å². The van der Waals surface area contributed by atoms with E-state index in [2.05, 4.69) is 10.6 Å². The Labute approximate surface area is 229 Å². The first-order valence-corrected chi connectivity index (χ1v) is 12.4. The number of rotatable bonds is 9. The Bertz CT molecular complexity index is 1510. The molecule has 0 spiro atoms. The Morgan fingerprint density at radius 2 is 1.54 bits per heavy atom. The summed E-state index contributed by atoms with van der Waals surface area (Å²) in [6, 6.07) is 18.7. The van der Waals surface area contributed by atoms with Gasteiger partial charge in [-0.15, -0.1) is 0 Å². The van der Waals surface area contributed by atoms with Crippen molar-refractivity contribution < 1.29 is 28.7 Å². The number of anilines is 3. The number of halogens is 1. The SMILES string of the molecule is CCCOC(=O)c1cccc(N2C(=O)C(Cl)=C(Nc3cccc(C(=O)Nc4ccc(C(C)=O)cc4)c3)C2=O)c1. The minimum atomic E-state index is -0.758. The average molecular weight is 546 g/mol. The van der Waals surface area contributed by atoms with Crippen molar-refractivity contribution in [2.75, 3.05) is 22.1 Å². The van der Waals surface area contributed by atoms with Gasteiger partial charge in [0.05, 0.1) is 17.9 Å². The van der Waals surface area contributed by atoms with Crippen LogP contribution in [0.1, 0.15) is 51.3 Å². The normalized spacial score (nSPS) is 12.9. The fourth-order valence-corrected chi connectivity index (χ4v) is 3.98. The maximum absolute atomic E-state index is 13.2. The number of carbonyl (C=O) groups is 5. The molecule has 0 saturated heterocycles. The number of esters is 1. The summed E-state index contributed by atoms with van der Waals surface area (Å²) >= 11 is 6.24. The van der Waals surface area contributed by atoms with Crippen LogP contribution in [0.2, 0.25) is 0 Å². The van der Waals surface area contributed by atoms with Gasteiger partial charge in [0.2, 0.25) is 0 Å². The summed E-state index contributed by atoms with van der Waals surface area (Å²) in [4.78, 5) is 63.4. The Kier molecular flexibility index (Phi) is 8.21. The van der Waals surface area contributed by atoms with Gasteiger partial charge in [0, 0.05) is 22.5 Å². The highest BCUT2D eigenvalue weighted by atomic mass is 35.5. The van der Waals surface area contributed by atoms with Gasteiger partial charge in [0.25, 0.3) is 17.7 Å². The van der Waals surface area contributed by atoms with E-state index in [4.69, 9.17) is 16.3 Å². The molecule has 198 valence electrons. The lowest BCUT2D eigenvalue weighted by Gasteiger charge is -2.16. The van der Waals surface area contributed by atoms with E-state index in [1.165, 1.54) is 37.3 Å². The first-order chi connectivity index (χ1) is 18.7. The zero-order valence-electron chi connectivity index (χ0n) is 21.1. The summed E-state index contributed by atoms with van der Waals surface area (Å²) in [7, 11) is 0. The van der Waals surface area contributed by atoms with E-state index < -0.39 is 23.7 Å². The van der Waals surface area contributed by atoms with Crippen LogP contribution >= 0.6 is 11.6 Å². The number of imide groups is 1. The lowest BCUT2D eigenvalue weighted by molar-refractivity contribution is -0.120. The van der Waals surface area contributed by atoms with Gasteiger partial charge in [0.1, 0.15) is 10.7 Å². The van der Waals surface area contributed by atoms with Gasteiger partial charge in [-0.3, -0.25) is 19.2 Å². The molecule has 9 nitrogen and oxygen atoms in total. The molecule has 3 aromatic carbocycles. The summed E-state index contributed by atoms with van der Waals surface area (Å²) in [5.74, 6) is -2.55. The second-order valence-electron chi connectivity index (χ2n) is 8.61. The van der Waals surface area contributed by atoms with Crippen molar-refractivity contribution in [3.8, 4) is 0 Å². The summed E-state index contributed by atoms with van der Waals surface area (Å²) in [6.45, 7) is 3.57. The number of hydrogen-bond acceptors (Lipinski definition) is 7. The second-order valence-corrected chi connectivity index (χ2v) is 8.99. The van der Waals surface area contributed by atoms with Gasteiger partial charge in [-0.1, -0.05) is 30.7 Å². The molecule has 0 saturated carbocycles. The van der Waals surface area contributed by atoms with Crippen LogP contribution in [0.3, 0.4) is 0 Å². The van der Waals surface area contributed by atoms with Gasteiger partial charge in [0.15, 0.2) is 5.78 Å². The number of nitrogens with zero attached hydrogens (tertiary/aromatic N) is 1. The van der Waals surface area contributed by atoms with Crippen LogP contribution < -0.4 is 15.5 Å². The quantitative estimate of drug-likeness (QED) is 0.217. The van der Waals surface area contributed by atoms with E-state index in [9.17, 15) is 24.0 Å². The standard InChI is InChI=1S/C29H24ClN3O6/c1-3-14-39-29(38)20-7-5-9-23(16-20)33-27(36)24(30)25(28(33)37)31-22-8-4-6-19(15-22)26(35)32-21-12-10-18(11-13-21)17(2)34/h4-13,15-16,31H,3,14H2,1-2H3,(H,32,35). The summed E-state index contributed by atoms with van der Waals surface area (Å²) in [5, 5.41) is 5.25. The van der Waals surface area contributed by atoms with Crippen molar-refractivity contribution in [3.63, 3.8) is 0 Å². The van der Waals surface area contributed by atoms with Crippen molar-refractivity contribution >= 4 is 58.1 Å². The third-order valence-corrected chi connectivity index (χ3v) is 6.10. The van der Waals surface area contributed by atoms with Crippen LogP contribution in [-0.4, -0.2) is 36.1 Å².